The van der Waals surface area contributed by atoms with Gasteiger partial charge in [0.05, 0.1) is 5.69 Å². The van der Waals surface area contributed by atoms with Gasteiger partial charge in [-0.25, -0.2) is 4.39 Å². The minimum atomic E-state index is -0.212. The molecule has 0 radical (unpaired) electrons. The van der Waals surface area contributed by atoms with Crippen molar-refractivity contribution in [2.45, 2.75) is 13.8 Å². The van der Waals surface area contributed by atoms with Crippen molar-refractivity contribution in [1.82, 2.24) is 0 Å². The molecule has 2 rings (SSSR count). The Morgan fingerprint density at radius 2 is 1.87 bits per heavy atom. The van der Waals surface area contributed by atoms with Gasteiger partial charge in [0.2, 0.25) is 0 Å². The van der Waals surface area contributed by atoms with E-state index < -0.39 is 0 Å². The third-order valence-electron chi connectivity index (χ3n) is 3.30. The predicted molar refractivity (Wildman–Crippen MR) is 61.4 cm³/mol. The number of rotatable bonds is 1. The Morgan fingerprint density at radius 1 is 1.27 bits per heavy atom. The summed E-state index contributed by atoms with van der Waals surface area (Å²) in [5, 5.41) is 0. The van der Waals surface area contributed by atoms with Crippen molar-refractivity contribution in [2.24, 2.45) is 11.8 Å². The first kappa shape index (κ1) is 10.3. The van der Waals surface area contributed by atoms with Crippen molar-refractivity contribution in [3.63, 3.8) is 0 Å². The van der Waals surface area contributed by atoms with Gasteiger partial charge in [-0.15, -0.1) is 0 Å². The Balaban J connectivity index is 2.24. The fourth-order valence-corrected chi connectivity index (χ4v) is 2.11. The lowest BCUT2D eigenvalue weighted by Gasteiger charge is -2.19. The van der Waals surface area contributed by atoms with E-state index in [9.17, 15) is 4.39 Å². The summed E-state index contributed by atoms with van der Waals surface area (Å²) in [5.74, 6) is 1.04. The number of hydrogen-bond donors (Lipinski definition) is 1. The lowest BCUT2D eigenvalue weighted by molar-refractivity contribution is 0.494. The Morgan fingerprint density at radius 3 is 2.40 bits per heavy atom. The van der Waals surface area contributed by atoms with Crippen LogP contribution in [-0.2, 0) is 0 Å². The Hall–Kier alpha value is -1.25. The predicted octanol–water partition coefficient (Wildman–Crippen LogP) is 2.50. The maximum absolute atomic E-state index is 13.6. The fraction of sp³-hybridized carbons (Fsp3) is 0.500. The summed E-state index contributed by atoms with van der Waals surface area (Å²) < 4.78 is 13.6. The summed E-state index contributed by atoms with van der Waals surface area (Å²) in [6, 6.07) is 4.92. The highest BCUT2D eigenvalue weighted by molar-refractivity contribution is 5.55. The molecule has 1 aromatic rings. The van der Waals surface area contributed by atoms with Gasteiger partial charge in [-0.05, 0) is 30.0 Å². The van der Waals surface area contributed by atoms with E-state index in [1.165, 1.54) is 6.07 Å². The van der Waals surface area contributed by atoms with E-state index in [1.807, 2.05) is 0 Å². The minimum absolute atomic E-state index is 0.212. The van der Waals surface area contributed by atoms with Crippen LogP contribution in [0.4, 0.5) is 15.8 Å². The zero-order chi connectivity index (χ0) is 11.0. The van der Waals surface area contributed by atoms with E-state index in [2.05, 4.69) is 18.7 Å². The smallest absolute Gasteiger partial charge is 0.148 e. The molecule has 1 heterocycles. The molecule has 0 aromatic heterocycles. The molecule has 1 saturated heterocycles. The highest BCUT2D eigenvalue weighted by Gasteiger charge is 2.27. The molecule has 82 valence electrons. The van der Waals surface area contributed by atoms with Crippen LogP contribution in [0.5, 0.6) is 0 Å². The third kappa shape index (κ3) is 1.91. The molecular formula is C12H17FN2. The number of nitrogens with zero attached hydrogens (tertiary/aromatic N) is 1. The zero-order valence-electron chi connectivity index (χ0n) is 9.20. The summed E-state index contributed by atoms with van der Waals surface area (Å²) in [6.45, 7) is 6.28. The van der Waals surface area contributed by atoms with E-state index in [-0.39, 0.29) is 5.82 Å². The SMILES string of the molecule is CC1CN(c2ccc(N)cc2F)CC1C. The van der Waals surface area contributed by atoms with Crippen LogP contribution in [-0.4, -0.2) is 13.1 Å². The number of halogens is 1. The van der Waals surface area contributed by atoms with Crippen LogP contribution < -0.4 is 10.6 Å². The highest BCUT2D eigenvalue weighted by Crippen LogP contribution is 2.30. The first-order valence-electron chi connectivity index (χ1n) is 5.38. The van der Waals surface area contributed by atoms with Gasteiger partial charge in [0, 0.05) is 18.8 Å². The number of benzene rings is 1. The van der Waals surface area contributed by atoms with E-state index in [0.29, 0.717) is 23.2 Å². The number of hydrogen-bond acceptors (Lipinski definition) is 2. The van der Waals surface area contributed by atoms with E-state index in [1.54, 1.807) is 12.1 Å². The monoisotopic (exact) mass is 208 g/mol. The van der Waals surface area contributed by atoms with E-state index in [0.717, 1.165) is 13.1 Å². The molecule has 1 fully saturated rings. The second-order valence-electron chi connectivity index (χ2n) is 4.57. The molecular weight excluding hydrogens is 191 g/mol. The van der Waals surface area contributed by atoms with Gasteiger partial charge in [0.25, 0.3) is 0 Å². The quantitative estimate of drug-likeness (QED) is 0.718. The van der Waals surface area contributed by atoms with E-state index in [4.69, 9.17) is 5.73 Å². The van der Waals surface area contributed by atoms with Gasteiger partial charge in [-0.1, -0.05) is 13.8 Å². The number of nitrogens with two attached hydrogens (primary N) is 1. The van der Waals surface area contributed by atoms with Crippen molar-refractivity contribution in [1.29, 1.82) is 0 Å². The minimum Gasteiger partial charge on any atom is -0.399 e. The Bertz CT molecular complexity index is 355. The first-order chi connectivity index (χ1) is 7.08. The number of nitrogen functional groups attached to an aromatic ring is 1. The van der Waals surface area contributed by atoms with Gasteiger partial charge in [-0.2, -0.15) is 0 Å². The molecule has 0 amide bonds. The fourth-order valence-electron chi connectivity index (χ4n) is 2.11. The van der Waals surface area contributed by atoms with Gasteiger partial charge < -0.3 is 10.6 Å². The van der Waals surface area contributed by atoms with Crippen molar-refractivity contribution in [2.75, 3.05) is 23.7 Å². The van der Waals surface area contributed by atoms with Gasteiger partial charge in [0.1, 0.15) is 5.82 Å². The first-order valence-corrected chi connectivity index (χ1v) is 5.38. The topological polar surface area (TPSA) is 29.3 Å². The zero-order valence-corrected chi connectivity index (χ0v) is 9.20. The van der Waals surface area contributed by atoms with Crippen LogP contribution in [0.3, 0.4) is 0 Å². The van der Waals surface area contributed by atoms with Crippen LogP contribution in [0, 0.1) is 17.7 Å². The summed E-state index contributed by atoms with van der Waals surface area (Å²) in [5.41, 5.74) is 6.69. The van der Waals surface area contributed by atoms with Gasteiger partial charge >= 0.3 is 0 Å². The molecule has 1 aliphatic rings. The molecule has 2 atom stereocenters. The molecule has 2 nitrogen and oxygen atoms in total. The molecule has 0 spiro atoms. The van der Waals surface area contributed by atoms with Gasteiger partial charge in [-0.3, -0.25) is 0 Å². The normalized spacial score (nSPS) is 25.9. The number of anilines is 2. The summed E-state index contributed by atoms with van der Waals surface area (Å²) >= 11 is 0. The summed E-state index contributed by atoms with van der Waals surface area (Å²) in [7, 11) is 0. The molecule has 0 bridgehead atoms. The molecule has 15 heavy (non-hydrogen) atoms. The van der Waals surface area contributed by atoms with Crippen molar-refractivity contribution >= 4 is 11.4 Å². The van der Waals surface area contributed by atoms with Gasteiger partial charge in [0.15, 0.2) is 0 Å². The lowest BCUT2D eigenvalue weighted by atomic mass is 10.0. The van der Waals surface area contributed by atoms with Crippen molar-refractivity contribution in [3.8, 4) is 0 Å². The second-order valence-corrected chi connectivity index (χ2v) is 4.57. The van der Waals surface area contributed by atoms with Crippen molar-refractivity contribution in [3.05, 3.63) is 24.0 Å². The maximum atomic E-state index is 13.6. The summed E-state index contributed by atoms with van der Waals surface area (Å²) in [6.07, 6.45) is 0. The second kappa shape index (κ2) is 3.72. The van der Waals surface area contributed by atoms with Crippen LogP contribution in [0.15, 0.2) is 18.2 Å². The van der Waals surface area contributed by atoms with Crippen LogP contribution in [0.25, 0.3) is 0 Å². The Kier molecular flexibility index (Phi) is 2.55. The van der Waals surface area contributed by atoms with Crippen LogP contribution in [0.2, 0.25) is 0 Å². The standard InChI is InChI=1S/C12H17FN2/c1-8-6-15(7-9(8)2)12-4-3-10(14)5-11(12)13/h3-5,8-9H,6-7,14H2,1-2H3. The highest BCUT2D eigenvalue weighted by atomic mass is 19.1. The molecule has 3 heteroatoms. The maximum Gasteiger partial charge on any atom is 0.148 e. The molecule has 0 aliphatic carbocycles. The lowest BCUT2D eigenvalue weighted by Crippen LogP contribution is -2.20. The van der Waals surface area contributed by atoms with Crippen LogP contribution >= 0.6 is 0 Å². The Labute approximate surface area is 89.9 Å². The third-order valence-corrected chi connectivity index (χ3v) is 3.30. The van der Waals surface area contributed by atoms with Crippen LogP contribution in [0.1, 0.15) is 13.8 Å². The molecule has 1 aliphatic heterocycles. The average Bonchev–Trinajstić information content (AvgIpc) is 2.46. The summed E-state index contributed by atoms with van der Waals surface area (Å²) in [4.78, 5) is 2.10. The average molecular weight is 208 g/mol. The molecule has 2 N–H and O–H groups in total. The molecule has 0 saturated carbocycles. The largest absolute Gasteiger partial charge is 0.399 e. The molecule has 1 aromatic carbocycles. The van der Waals surface area contributed by atoms with E-state index >= 15 is 0 Å². The molecule has 2 unspecified atom stereocenters. The van der Waals surface area contributed by atoms with Crippen molar-refractivity contribution < 1.29 is 4.39 Å².